The predicted molar refractivity (Wildman–Crippen MR) is 49.7 cm³/mol. The van der Waals surface area contributed by atoms with Crippen molar-refractivity contribution >= 4 is 11.9 Å². The molecule has 1 unspecified atom stereocenters. The highest BCUT2D eigenvalue weighted by atomic mass is 16.7. The highest BCUT2D eigenvalue weighted by molar-refractivity contribution is 5.91. The highest BCUT2D eigenvalue weighted by Gasteiger charge is 2.05. The number of carbonyl (C=O) groups excluding carboxylic acids is 2. The van der Waals surface area contributed by atoms with E-state index in [4.69, 9.17) is 5.11 Å². The van der Waals surface area contributed by atoms with Crippen LogP contribution in [0, 0.1) is 0 Å². The van der Waals surface area contributed by atoms with E-state index >= 15 is 0 Å². The molecular weight excluding hydrogens is 204 g/mol. The maximum atomic E-state index is 10.9. The Kier molecular flexibility index (Phi) is 7.21. The zero-order chi connectivity index (χ0) is 11.7. The topological polar surface area (TPSA) is 82.1 Å². The van der Waals surface area contributed by atoms with Crippen molar-refractivity contribution in [3.05, 3.63) is 12.2 Å². The summed E-state index contributed by atoms with van der Waals surface area (Å²) in [5.41, 5.74) is 0. The molecule has 0 saturated carbocycles. The third kappa shape index (κ3) is 7.65. The van der Waals surface area contributed by atoms with Crippen LogP contribution in [0.1, 0.15) is 6.92 Å². The Morgan fingerprint density at radius 2 is 1.93 bits per heavy atom. The van der Waals surface area contributed by atoms with E-state index < -0.39 is 18.2 Å². The maximum absolute atomic E-state index is 10.9. The highest BCUT2D eigenvalue weighted by Crippen LogP contribution is 1.93. The van der Waals surface area contributed by atoms with Crippen molar-refractivity contribution in [2.75, 3.05) is 20.3 Å². The molecule has 0 aliphatic rings. The lowest BCUT2D eigenvalue weighted by Crippen LogP contribution is -2.15. The van der Waals surface area contributed by atoms with Crippen LogP contribution in [-0.2, 0) is 23.8 Å². The summed E-state index contributed by atoms with van der Waals surface area (Å²) >= 11 is 0. The molecule has 0 aromatic carbocycles. The number of methoxy groups -OCH3 is 1. The van der Waals surface area contributed by atoms with Gasteiger partial charge in [0.1, 0.15) is 6.61 Å². The van der Waals surface area contributed by atoms with Crippen LogP contribution in [0.2, 0.25) is 0 Å². The van der Waals surface area contributed by atoms with Gasteiger partial charge in [-0.2, -0.15) is 0 Å². The van der Waals surface area contributed by atoms with E-state index in [9.17, 15) is 9.59 Å². The van der Waals surface area contributed by atoms with Gasteiger partial charge < -0.3 is 19.3 Å². The Labute approximate surface area is 87.4 Å². The number of hydrogen-bond acceptors (Lipinski definition) is 6. The van der Waals surface area contributed by atoms with E-state index in [1.165, 1.54) is 14.0 Å². The quantitative estimate of drug-likeness (QED) is 0.371. The number of esters is 2. The smallest absolute Gasteiger partial charge is 0.333 e. The molecular formula is C9H14O6. The molecule has 0 saturated heterocycles. The van der Waals surface area contributed by atoms with Gasteiger partial charge in [-0.25, -0.2) is 9.59 Å². The first kappa shape index (κ1) is 13.6. The van der Waals surface area contributed by atoms with Crippen molar-refractivity contribution in [3.63, 3.8) is 0 Å². The number of carbonyl (C=O) groups is 2. The molecule has 0 aliphatic heterocycles. The molecule has 0 aromatic rings. The summed E-state index contributed by atoms with van der Waals surface area (Å²) in [6.45, 7) is 1.17. The Balaban J connectivity index is 3.84. The van der Waals surface area contributed by atoms with Gasteiger partial charge in [-0.15, -0.1) is 0 Å². The number of aliphatic hydroxyl groups excluding tert-OH is 1. The Hall–Kier alpha value is -1.40. The minimum Gasteiger partial charge on any atom is -0.460 e. The zero-order valence-electron chi connectivity index (χ0n) is 8.63. The van der Waals surface area contributed by atoms with Crippen LogP contribution in [0.5, 0.6) is 0 Å². The second kappa shape index (κ2) is 7.95. The summed E-state index contributed by atoms with van der Waals surface area (Å²) < 4.78 is 13.8. The summed E-state index contributed by atoms with van der Waals surface area (Å²) in [7, 11) is 1.39. The normalized spacial score (nSPS) is 12.5. The van der Waals surface area contributed by atoms with Gasteiger partial charge in [-0.3, -0.25) is 0 Å². The number of ether oxygens (including phenoxy) is 3. The first-order valence-corrected chi connectivity index (χ1v) is 4.29. The van der Waals surface area contributed by atoms with E-state index in [1.54, 1.807) is 0 Å². The average molecular weight is 218 g/mol. The van der Waals surface area contributed by atoms with Gasteiger partial charge in [-0.05, 0) is 6.92 Å². The minimum absolute atomic E-state index is 0.104. The monoisotopic (exact) mass is 218 g/mol. The zero-order valence-corrected chi connectivity index (χ0v) is 8.63. The van der Waals surface area contributed by atoms with Gasteiger partial charge in [0.05, 0.1) is 6.61 Å². The van der Waals surface area contributed by atoms with Crippen molar-refractivity contribution in [1.82, 2.24) is 0 Å². The van der Waals surface area contributed by atoms with E-state index in [0.717, 1.165) is 12.2 Å². The number of rotatable bonds is 6. The fourth-order valence-electron chi connectivity index (χ4n) is 0.581. The average Bonchev–Trinajstić information content (AvgIpc) is 2.23. The van der Waals surface area contributed by atoms with Gasteiger partial charge in [0.2, 0.25) is 0 Å². The molecule has 0 aliphatic carbocycles. The van der Waals surface area contributed by atoms with Crippen molar-refractivity contribution < 1.29 is 28.9 Å². The molecule has 0 bridgehead atoms. The summed E-state index contributed by atoms with van der Waals surface area (Å²) in [5.74, 6) is -1.42. The van der Waals surface area contributed by atoms with Crippen LogP contribution < -0.4 is 0 Å². The Morgan fingerprint density at radius 1 is 1.33 bits per heavy atom. The van der Waals surface area contributed by atoms with Crippen LogP contribution >= 0.6 is 0 Å². The van der Waals surface area contributed by atoms with Crippen LogP contribution in [0.4, 0.5) is 0 Å². The van der Waals surface area contributed by atoms with E-state index in [2.05, 4.69) is 14.2 Å². The molecule has 86 valence electrons. The molecule has 0 radical (unpaired) electrons. The lowest BCUT2D eigenvalue weighted by molar-refractivity contribution is -0.163. The van der Waals surface area contributed by atoms with E-state index in [1.807, 2.05) is 0 Å². The van der Waals surface area contributed by atoms with Gasteiger partial charge in [0.15, 0.2) is 6.29 Å². The third-order valence-electron chi connectivity index (χ3n) is 1.31. The van der Waals surface area contributed by atoms with Crippen molar-refractivity contribution in [2.45, 2.75) is 13.2 Å². The van der Waals surface area contributed by atoms with Gasteiger partial charge in [0.25, 0.3) is 0 Å². The summed E-state index contributed by atoms with van der Waals surface area (Å²) in [6.07, 6.45) is 1.17. The lowest BCUT2D eigenvalue weighted by Gasteiger charge is -2.08. The van der Waals surface area contributed by atoms with Gasteiger partial charge in [0, 0.05) is 19.3 Å². The van der Waals surface area contributed by atoms with Crippen LogP contribution in [0.3, 0.4) is 0 Å². The van der Waals surface area contributed by atoms with Crippen molar-refractivity contribution in [3.8, 4) is 0 Å². The molecule has 6 nitrogen and oxygen atoms in total. The van der Waals surface area contributed by atoms with E-state index in [-0.39, 0.29) is 13.2 Å². The molecule has 0 rings (SSSR count). The SMILES string of the molecule is COC(C)OC(=O)C=CC(=O)OCCO. The van der Waals surface area contributed by atoms with Crippen molar-refractivity contribution in [1.29, 1.82) is 0 Å². The van der Waals surface area contributed by atoms with Gasteiger partial charge in [-0.1, -0.05) is 0 Å². The molecule has 6 heteroatoms. The molecule has 1 N–H and O–H groups in total. The van der Waals surface area contributed by atoms with E-state index in [0.29, 0.717) is 0 Å². The molecule has 0 heterocycles. The first-order chi connectivity index (χ1) is 7.10. The molecule has 1 atom stereocenters. The Bertz CT molecular complexity index is 235. The largest absolute Gasteiger partial charge is 0.460 e. The number of hydrogen-bond donors (Lipinski definition) is 1. The van der Waals surface area contributed by atoms with Crippen LogP contribution in [0.25, 0.3) is 0 Å². The summed E-state index contributed by atoms with van der Waals surface area (Å²) in [6, 6.07) is 0. The van der Waals surface area contributed by atoms with Gasteiger partial charge >= 0.3 is 11.9 Å². The third-order valence-corrected chi connectivity index (χ3v) is 1.31. The standard InChI is InChI=1S/C9H14O6/c1-7(13-2)15-9(12)4-3-8(11)14-6-5-10/h3-4,7,10H,5-6H2,1-2H3. The van der Waals surface area contributed by atoms with Crippen LogP contribution in [0.15, 0.2) is 12.2 Å². The number of aliphatic hydroxyl groups is 1. The fraction of sp³-hybridized carbons (Fsp3) is 0.556. The molecule has 0 spiro atoms. The second-order valence-corrected chi connectivity index (χ2v) is 2.46. The fourth-order valence-corrected chi connectivity index (χ4v) is 0.581. The lowest BCUT2D eigenvalue weighted by atomic mass is 10.5. The molecule has 15 heavy (non-hydrogen) atoms. The van der Waals surface area contributed by atoms with Crippen molar-refractivity contribution in [2.24, 2.45) is 0 Å². The maximum Gasteiger partial charge on any atom is 0.333 e. The molecule has 0 fully saturated rings. The first-order valence-electron chi connectivity index (χ1n) is 4.29. The summed E-state index contributed by atoms with van der Waals surface area (Å²) in [4.78, 5) is 21.7. The predicted octanol–water partition coefficient (Wildman–Crippen LogP) is -0.386. The van der Waals surface area contributed by atoms with Crippen LogP contribution in [-0.4, -0.2) is 43.7 Å². The minimum atomic E-state index is -0.717. The second-order valence-electron chi connectivity index (χ2n) is 2.46. The molecule has 0 amide bonds. The Morgan fingerprint density at radius 3 is 2.47 bits per heavy atom. The molecule has 0 aromatic heterocycles. The summed E-state index contributed by atoms with van der Waals surface area (Å²) in [5, 5.41) is 8.33.